The Kier molecular flexibility index (Phi) is 2.72. The third-order valence-electron chi connectivity index (χ3n) is 1.87. The molecule has 1 amide bonds. The normalized spacial score (nSPS) is 12.3. The molecule has 0 saturated heterocycles. The number of amides is 1. The molecule has 2 aromatic heterocycles. The van der Waals surface area contributed by atoms with Crippen molar-refractivity contribution in [1.29, 1.82) is 0 Å². The lowest BCUT2D eigenvalue weighted by Crippen LogP contribution is -2.27. The molecule has 2 heterocycles. The smallest absolute Gasteiger partial charge is 0.273 e. The Morgan fingerprint density at radius 1 is 1.67 bits per heavy atom. The van der Waals surface area contributed by atoms with Crippen LogP contribution < -0.4 is 5.32 Å². The van der Waals surface area contributed by atoms with Gasteiger partial charge in [0.15, 0.2) is 5.69 Å². The quantitative estimate of drug-likeness (QED) is 0.804. The summed E-state index contributed by atoms with van der Waals surface area (Å²) in [6.07, 6.45) is 3.35. The fourth-order valence-electron chi connectivity index (χ4n) is 1.12. The molecule has 0 spiro atoms. The fraction of sp³-hybridized carbons (Fsp3) is 0.250. The van der Waals surface area contributed by atoms with Gasteiger partial charge in [0.05, 0.1) is 6.04 Å². The molecular weight excluding hydrogens is 214 g/mol. The van der Waals surface area contributed by atoms with Crippen molar-refractivity contribution in [2.45, 2.75) is 13.0 Å². The van der Waals surface area contributed by atoms with Gasteiger partial charge in [-0.2, -0.15) is 0 Å². The highest BCUT2D eigenvalue weighted by Crippen LogP contribution is 2.06. The van der Waals surface area contributed by atoms with Gasteiger partial charge in [-0.25, -0.2) is 4.98 Å². The molecule has 0 fully saturated rings. The van der Waals surface area contributed by atoms with Crippen LogP contribution in [0.25, 0.3) is 0 Å². The Labute approximate surface area is 89.9 Å². The number of rotatable bonds is 3. The van der Waals surface area contributed by atoms with Crippen molar-refractivity contribution >= 4 is 17.4 Å². The number of hydrogen-bond donors (Lipinski definition) is 2. The topological polar surface area (TPSA) is 83.6 Å². The Hall–Kier alpha value is -1.76. The zero-order chi connectivity index (χ0) is 10.7. The lowest BCUT2D eigenvalue weighted by molar-refractivity contribution is 0.0933. The summed E-state index contributed by atoms with van der Waals surface area (Å²) < 4.78 is 3.62. The van der Waals surface area contributed by atoms with Gasteiger partial charge in [-0.05, 0) is 18.5 Å². The van der Waals surface area contributed by atoms with E-state index in [1.807, 2.05) is 6.92 Å². The van der Waals surface area contributed by atoms with Crippen molar-refractivity contribution < 1.29 is 4.79 Å². The van der Waals surface area contributed by atoms with Crippen molar-refractivity contribution in [3.63, 3.8) is 0 Å². The average Bonchev–Trinajstić information content (AvgIpc) is 2.91. The maximum atomic E-state index is 11.6. The molecule has 0 bridgehead atoms. The molecule has 0 aliphatic rings. The summed E-state index contributed by atoms with van der Waals surface area (Å²) in [4.78, 5) is 18.5. The molecule has 15 heavy (non-hydrogen) atoms. The molecule has 78 valence electrons. The monoisotopic (exact) mass is 223 g/mol. The molecule has 0 radical (unpaired) electrons. The highest BCUT2D eigenvalue weighted by Gasteiger charge is 2.14. The molecule has 0 saturated carbocycles. The lowest BCUT2D eigenvalue weighted by atomic mass is 10.3. The molecule has 6 nitrogen and oxygen atoms in total. The van der Waals surface area contributed by atoms with E-state index in [1.54, 1.807) is 17.8 Å². The van der Waals surface area contributed by atoms with Crippen molar-refractivity contribution in [3.05, 3.63) is 29.3 Å². The summed E-state index contributed by atoms with van der Waals surface area (Å²) in [6, 6.07) is -0.172. The van der Waals surface area contributed by atoms with Gasteiger partial charge in [0.1, 0.15) is 5.82 Å². The highest BCUT2D eigenvalue weighted by molar-refractivity contribution is 7.03. The Balaban J connectivity index is 2.01. The first-order valence-corrected chi connectivity index (χ1v) is 5.18. The summed E-state index contributed by atoms with van der Waals surface area (Å²) in [5.41, 5.74) is 0.332. The van der Waals surface area contributed by atoms with Gasteiger partial charge in [-0.3, -0.25) is 4.79 Å². The maximum absolute atomic E-state index is 11.6. The summed E-state index contributed by atoms with van der Waals surface area (Å²) in [5.74, 6) is 0.471. The number of aromatic nitrogens is 4. The summed E-state index contributed by atoms with van der Waals surface area (Å²) in [5, 5.41) is 8.03. The zero-order valence-electron chi connectivity index (χ0n) is 7.97. The molecule has 0 aromatic carbocycles. The number of nitrogens with one attached hydrogen (secondary N) is 2. The first kappa shape index (κ1) is 9.78. The standard InChI is InChI=1S/C8H9N5OS/c1-5(7-9-2-3-10-7)11-8(14)6-4-15-13-12-6/h2-5H,1H3,(H,9,10)(H,11,14). The van der Waals surface area contributed by atoms with E-state index in [9.17, 15) is 4.79 Å². The average molecular weight is 223 g/mol. The third-order valence-corrected chi connectivity index (χ3v) is 2.37. The third kappa shape index (κ3) is 2.18. The number of carbonyl (C=O) groups excluding carboxylic acids is 1. The fourth-order valence-corrected chi connectivity index (χ4v) is 1.55. The van der Waals surface area contributed by atoms with Crippen molar-refractivity contribution in [1.82, 2.24) is 24.9 Å². The Morgan fingerprint density at radius 3 is 3.13 bits per heavy atom. The molecule has 0 aliphatic heterocycles. The number of nitrogens with zero attached hydrogens (tertiary/aromatic N) is 3. The van der Waals surface area contributed by atoms with E-state index in [0.717, 1.165) is 11.5 Å². The van der Waals surface area contributed by atoms with Gasteiger partial charge in [0.2, 0.25) is 0 Å². The minimum atomic E-state index is -0.243. The van der Waals surface area contributed by atoms with Crippen LogP contribution in [0.1, 0.15) is 29.3 Å². The van der Waals surface area contributed by atoms with Crippen LogP contribution in [-0.4, -0.2) is 25.5 Å². The van der Waals surface area contributed by atoms with Gasteiger partial charge >= 0.3 is 0 Å². The number of carbonyl (C=O) groups is 1. The van der Waals surface area contributed by atoms with E-state index in [1.165, 1.54) is 0 Å². The van der Waals surface area contributed by atoms with Crippen LogP contribution in [0.3, 0.4) is 0 Å². The van der Waals surface area contributed by atoms with Crippen LogP contribution >= 0.6 is 11.5 Å². The molecule has 0 aliphatic carbocycles. The minimum Gasteiger partial charge on any atom is -0.347 e. The van der Waals surface area contributed by atoms with E-state index in [-0.39, 0.29) is 11.9 Å². The van der Waals surface area contributed by atoms with Gasteiger partial charge in [-0.1, -0.05) is 4.49 Å². The molecule has 2 rings (SSSR count). The van der Waals surface area contributed by atoms with Crippen LogP contribution in [0.5, 0.6) is 0 Å². The van der Waals surface area contributed by atoms with Crippen molar-refractivity contribution in [3.8, 4) is 0 Å². The maximum Gasteiger partial charge on any atom is 0.273 e. The predicted octanol–water partition coefficient (Wildman–Crippen LogP) is 0.752. The number of H-pyrrole nitrogens is 1. The van der Waals surface area contributed by atoms with Gasteiger partial charge < -0.3 is 10.3 Å². The van der Waals surface area contributed by atoms with Crippen LogP contribution in [0.4, 0.5) is 0 Å². The second-order valence-corrected chi connectivity index (χ2v) is 3.57. The Bertz CT molecular complexity index is 424. The number of hydrogen-bond acceptors (Lipinski definition) is 5. The molecule has 1 atom stereocenters. The van der Waals surface area contributed by atoms with Crippen molar-refractivity contribution in [2.24, 2.45) is 0 Å². The molecular formula is C8H9N5OS. The van der Waals surface area contributed by atoms with E-state index in [0.29, 0.717) is 11.5 Å². The summed E-state index contributed by atoms with van der Waals surface area (Å²) in [7, 11) is 0. The molecule has 2 aromatic rings. The first-order valence-electron chi connectivity index (χ1n) is 4.34. The minimum absolute atomic E-state index is 0.172. The molecule has 7 heteroatoms. The second-order valence-electron chi connectivity index (χ2n) is 2.96. The van der Waals surface area contributed by atoms with E-state index in [4.69, 9.17) is 0 Å². The van der Waals surface area contributed by atoms with E-state index < -0.39 is 0 Å². The van der Waals surface area contributed by atoms with Gasteiger partial charge in [0.25, 0.3) is 5.91 Å². The lowest BCUT2D eigenvalue weighted by Gasteiger charge is -2.09. The summed E-state index contributed by atoms with van der Waals surface area (Å²) in [6.45, 7) is 1.84. The van der Waals surface area contributed by atoms with E-state index >= 15 is 0 Å². The predicted molar refractivity (Wildman–Crippen MR) is 54.4 cm³/mol. The molecule has 1 unspecified atom stereocenters. The zero-order valence-corrected chi connectivity index (χ0v) is 8.78. The van der Waals surface area contributed by atoms with Crippen LogP contribution in [0.2, 0.25) is 0 Å². The number of imidazole rings is 1. The largest absolute Gasteiger partial charge is 0.347 e. The van der Waals surface area contributed by atoms with Gasteiger partial charge in [-0.15, -0.1) is 5.10 Å². The second kappa shape index (κ2) is 4.18. The summed E-state index contributed by atoms with van der Waals surface area (Å²) >= 11 is 1.15. The first-order chi connectivity index (χ1) is 7.27. The van der Waals surface area contributed by atoms with E-state index in [2.05, 4.69) is 24.9 Å². The SMILES string of the molecule is CC(NC(=O)c1csnn1)c1ncc[nH]1. The van der Waals surface area contributed by atoms with Crippen LogP contribution in [0, 0.1) is 0 Å². The number of aromatic amines is 1. The molecule has 2 N–H and O–H groups in total. The van der Waals surface area contributed by atoms with Crippen LogP contribution in [-0.2, 0) is 0 Å². The van der Waals surface area contributed by atoms with Crippen LogP contribution in [0.15, 0.2) is 17.8 Å². The van der Waals surface area contributed by atoms with Crippen molar-refractivity contribution in [2.75, 3.05) is 0 Å². The van der Waals surface area contributed by atoms with Gasteiger partial charge in [0, 0.05) is 17.8 Å². The highest BCUT2D eigenvalue weighted by atomic mass is 32.1. The Morgan fingerprint density at radius 2 is 2.53 bits per heavy atom.